The molecule has 2 aromatic rings. The molecule has 5 heteroatoms. The van der Waals surface area contributed by atoms with Crippen molar-refractivity contribution in [2.24, 2.45) is 7.05 Å². The summed E-state index contributed by atoms with van der Waals surface area (Å²) in [6.07, 6.45) is 2.63. The molecular formula is C14H19N3O2. The van der Waals surface area contributed by atoms with Gasteiger partial charge in [-0.15, -0.1) is 0 Å². The van der Waals surface area contributed by atoms with Gasteiger partial charge in [0.25, 0.3) is 0 Å². The number of aromatic nitrogens is 3. The van der Waals surface area contributed by atoms with Gasteiger partial charge < -0.3 is 9.67 Å². The van der Waals surface area contributed by atoms with E-state index in [1.54, 1.807) is 0 Å². The van der Waals surface area contributed by atoms with Crippen molar-refractivity contribution >= 4 is 17.0 Å². The summed E-state index contributed by atoms with van der Waals surface area (Å²) < 4.78 is 1.89. The molecule has 0 aromatic carbocycles. The second-order valence-electron chi connectivity index (χ2n) is 5.07. The van der Waals surface area contributed by atoms with Crippen molar-refractivity contribution in [3.63, 3.8) is 0 Å². The smallest absolute Gasteiger partial charge is 0.307 e. The number of nitrogens with zero attached hydrogens (tertiary/aromatic N) is 3. The molecule has 19 heavy (non-hydrogen) atoms. The van der Waals surface area contributed by atoms with Crippen LogP contribution in [0.2, 0.25) is 0 Å². The number of aliphatic carboxylic acids is 1. The van der Waals surface area contributed by atoms with Gasteiger partial charge in [-0.1, -0.05) is 20.8 Å². The summed E-state index contributed by atoms with van der Waals surface area (Å²) in [4.78, 5) is 20.1. The van der Waals surface area contributed by atoms with Gasteiger partial charge in [-0.05, 0) is 12.0 Å². The minimum Gasteiger partial charge on any atom is -0.481 e. The second kappa shape index (κ2) is 4.99. The molecule has 0 saturated heterocycles. The maximum Gasteiger partial charge on any atom is 0.307 e. The second-order valence-corrected chi connectivity index (χ2v) is 5.07. The third kappa shape index (κ3) is 2.45. The Bertz CT molecular complexity index is 629. The van der Waals surface area contributed by atoms with Crippen LogP contribution in [0.15, 0.2) is 6.20 Å². The van der Waals surface area contributed by atoms with Crippen molar-refractivity contribution in [1.82, 2.24) is 14.5 Å². The van der Waals surface area contributed by atoms with Gasteiger partial charge in [-0.3, -0.25) is 4.79 Å². The topological polar surface area (TPSA) is 68.0 Å². The number of carboxylic acids is 1. The van der Waals surface area contributed by atoms with E-state index in [0.29, 0.717) is 0 Å². The van der Waals surface area contributed by atoms with Crippen molar-refractivity contribution < 1.29 is 9.90 Å². The Morgan fingerprint density at radius 1 is 1.42 bits per heavy atom. The molecule has 102 valence electrons. The molecule has 0 bridgehead atoms. The fraction of sp³-hybridized carbons (Fsp3) is 0.500. The lowest BCUT2D eigenvalue weighted by molar-refractivity contribution is -0.136. The third-order valence-corrected chi connectivity index (χ3v) is 3.18. The van der Waals surface area contributed by atoms with Gasteiger partial charge >= 0.3 is 5.97 Å². The molecule has 2 heterocycles. The first-order valence-corrected chi connectivity index (χ1v) is 6.50. The van der Waals surface area contributed by atoms with Gasteiger partial charge in [-0.25, -0.2) is 9.97 Å². The van der Waals surface area contributed by atoms with Gasteiger partial charge in [-0.2, -0.15) is 0 Å². The molecular weight excluding hydrogens is 242 g/mol. The van der Waals surface area contributed by atoms with Gasteiger partial charge in [0.05, 0.1) is 12.1 Å². The van der Waals surface area contributed by atoms with Crippen LogP contribution in [0.25, 0.3) is 11.0 Å². The Kier molecular flexibility index (Phi) is 3.55. The van der Waals surface area contributed by atoms with E-state index in [0.717, 1.165) is 34.5 Å². The molecule has 0 amide bonds. The predicted octanol–water partition coefficient (Wildman–Crippen LogP) is 2.28. The van der Waals surface area contributed by atoms with E-state index >= 15 is 0 Å². The maximum atomic E-state index is 10.9. The summed E-state index contributed by atoms with van der Waals surface area (Å²) in [6.45, 7) is 6.15. The zero-order valence-electron chi connectivity index (χ0n) is 11.8. The molecule has 5 nitrogen and oxygen atoms in total. The van der Waals surface area contributed by atoms with Crippen LogP contribution in [0.4, 0.5) is 0 Å². The van der Waals surface area contributed by atoms with E-state index in [1.165, 1.54) is 0 Å². The summed E-state index contributed by atoms with van der Waals surface area (Å²) in [7, 11) is 1.89. The lowest BCUT2D eigenvalue weighted by Gasteiger charge is -2.08. The minimum atomic E-state index is -0.831. The lowest BCUT2D eigenvalue weighted by Crippen LogP contribution is -2.05. The summed E-state index contributed by atoms with van der Waals surface area (Å²) in [6, 6.07) is 0. The molecule has 0 atom stereocenters. The molecule has 1 N–H and O–H groups in total. The van der Waals surface area contributed by atoms with Crippen molar-refractivity contribution in [2.45, 2.75) is 39.5 Å². The van der Waals surface area contributed by atoms with Crippen LogP contribution >= 0.6 is 0 Å². The molecule has 0 spiro atoms. The molecule has 0 aliphatic rings. The Morgan fingerprint density at radius 3 is 2.63 bits per heavy atom. The Labute approximate surface area is 112 Å². The van der Waals surface area contributed by atoms with E-state index in [1.807, 2.05) is 24.7 Å². The number of aryl methyl sites for hydroxylation is 2. The average molecular weight is 261 g/mol. The van der Waals surface area contributed by atoms with Gasteiger partial charge in [0.15, 0.2) is 0 Å². The van der Waals surface area contributed by atoms with Crippen molar-refractivity contribution in [3.05, 3.63) is 23.3 Å². The number of carbonyl (C=O) groups is 1. The Balaban J connectivity index is 2.72. The quantitative estimate of drug-likeness (QED) is 0.916. The molecule has 0 saturated carbocycles. The number of fused-ring (bicyclic) bond motifs is 1. The lowest BCUT2D eigenvalue weighted by atomic mass is 10.1. The highest BCUT2D eigenvalue weighted by molar-refractivity contribution is 5.87. The van der Waals surface area contributed by atoms with E-state index in [4.69, 9.17) is 5.11 Å². The standard InChI is InChI=1S/C14H19N3O2/c1-5-10-12-9(6-11(18)19)7-17(4)14(12)16-13(15-10)8(2)3/h7-8H,5-6H2,1-4H3,(H,18,19). The first-order valence-electron chi connectivity index (χ1n) is 6.50. The van der Waals surface area contributed by atoms with Gasteiger partial charge in [0.1, 0.15) is 11.5 Å². The van der Waals surface area contributed by atoms with Crippen LogP contribution in [0.5, 0.6) is 0 Å². The third-order valence-electron chi connectivity index (χ3n) is 3.18. The molecule has 0 aliphatic carbocycles. The monoisotopic (exact) mass is 261 g/mol. The number of hydrogen-bond acceptors (Lipinski definition) is 3. The highest BCUT2D eigenvalue weighted by Crippen LogP contribution is 2.25. The van der Waals surface area contributed by atoms with Crippen LogP contribution in [0.3, 0.4) is 0 Å². The first kappa shape index (κ1) is 13.5. The Hall–Kier alpha value is -1.91. The molecule has 2 aromatic heterocycles. The van der Waals surface area contributed by atoms with Crippen molar-refractivity contribution in [3.8, 4) is 0 Å². The summed E-state index contributed by atoms with van der Waals surface area (Å²) >= 11 is 0. The van der Waals surface area contributed by atoms with Crippen molar-refractivity contribution in [1.29, 1.82) is 0 Å². The van der Waals surface area contributed by atoms with Crippen LogP contribution in [0.1, 0.15) is 43.8 Å². The summed E-state index contributed by atoms with van der Waals surface area (Å²) in [5.41, 5.74) is 2.55. The normalized spacial score (nSPS) is 11.4. The molecule has 2 rings (SSSR count). The van der Waals surface area contributed by atoms with Gasteiger partial charge in [0, 0.05) is 24.5 Å². The highest BCUT2D eigenvalue weighted by atomic mass is 16.4. The van der Waals surface area contributed by atoms with Crippen LogP contribution in [-0.2, 0) is 24.7 Å². The molecule has 0 radical (unpaired) electrons. The van der Waals surface area contributed by atoms with Crippen molar-refractivity contribution in [2.75, 3.05) is 0 Å². The average Bonchev–Trinajstić information content (AvgIpc) is 2.64. The zero-order valence-corrected chi connectivity index (χ0v) is 11.8. The SMILES string of the molecule is CCc1nc(C(C)C)nc2c1c(CC(=O)O)cn2C. The molecule has 0 fully saturated rings. The van der Waals surface area contributed by atoms with Crippen LogP contribution < -0.4 is 0 Å². The van der Waals surface area contributed by atoms with E-state index in [-0.39, 0.29) is 12.3 Å². The van der Waals surface area contributed by atoms with Crippen LogP contribution in [-0.4, -0.2) is 25.6 Å². The summed E-state index contributed by atoms with van der Waals surface area (Å²) in [5, 5.41) is 9.89. The predicted molar refractivity (Wildman–Crippen MR) is 73.3 cm³/mol. The largest absolute Gasteiger partial charge is 0.481 e. The number of hydrogen-bond donors (Lipinski definition) is 1. The minimum absolute atomic E-state index is 0.00866. The van der Waals surface area contributed by atoms with Crippen LogP contribution in [0, 0.1) is 0 Å². The zero-order chi connectivity index (χ0) is 14.2. The van der Waals surface area contributed by atoms with E-state index < -0.39 is 5.97 Å². The van der Waals surface area contributed by atoms with E-state index in [9.17, 15) is 4.79 Å². The highest BCUT2D eigenvalue weighted by Gasteiger charge is 2.17. The maximum absolute atomic E-state index is 10.9. The molecule has 0 aliphatic heterocycles. The van der Waals surface area contributed by atoms with Gasteiger partial charge in [0.2, 0.25) is 0 Å². The molecule has 0 unspecified atom stereocenters. The Morgan fingerprint density at radius 2 is 2.11 bits per heavy atom. The number of rotatable bonds is 4. The first-order chi connectivity index (χ1) is 8.93. The fourth-order valence-electron chi connectivity index (χ4n) is 2.27. The number of carboxylic acid groups (broad SMARTS) is 1. The van der Waals surface area contributed by atoms with E-state index in [2.05, 4.69) is 23.8 Å². The fourth-order valence-corrected chi connectivity index (χ4v) is 2.27. The summed E-state index contributed by atoms with van der Waals surface area (Å²) in [5.74, 6) is 0.238.